The quantitative estimate of drug-likeness (QED) is 0.901. The van der Waals surface area contributed by atoms with E-state index in [-0.39, 0.29) is 41.4 Å². The molecule has 0 amide bonds. The first kappa shape index (κ1) is 14.0. The van der Waals surface area contributed by atoms with Gasteiger partial charge < -0.3 is 5.32 Å². The monoisotopic (exact) mass is 333 g/mol. The van der Waals surface area contributed by atoms with E-state index in [0.29, 0.717) is 6.54 Å². The van der Waals surface area contributed by atoms with E-state index in [1.807, 2.05) is 6.07 Å². The Morgan fingerprint density at radius 3 is 2.83 bits per heavy atom. The van der Waals surface area contributed by atoms with Crippen LogP contribution in [-0.4, -0.2) is 18.4 Å². The topological polar surface area (TPSA) is 29.1 Å². The molecule has 1 saturated carbocycles. The Labute approximate surface area is 120 Å². The molecule has 3 rings (SSSR count). The number of carbonyl (C=O) groups excluding carboxylic acids is 1. The minimum Gasteiger partial charge on any atom is -0.306 e. The second-order valence-corrected chi connectivity index (χ2v) is 5.98. The van der Waals surface area contributed by atoms with Gasteiger partial charge in [-0.05, 0) is 43.0 Å². The first-order chi connectivity index (χ1) is 8.04. The summed E-state index contributed by atoms with van der Waals surface area (Å²) in [6.07, 6.45) is 0.914. The summed E-state index contributed by atoms with van der Waals surface area (Å²) in [5.41, 5.74) is 0.595. The summed E-state index contributed by atoms with van der Waals surface area (Å²) in [7, 11) is 0. The number of rotatable bonds is 2. The van der Waals surface area contributed by atoms with E-state index in [0.717, 1.165) is 16.5 Å². The number of piperidine rings is 1. The van der Waals surface area contributed by atoms with Crippen LogP contribution in [0.2, 0.25) is 0 Å². The predicted octanol–water partition coefficient (Wildman–Crippen LogP) is 2.83. The summed E-state index contributed by atoms with van der Waals surface area (Å²) in [6.45, 7) is 2.30. The van der Waals surface area contributed by atoms with Crippen LogP contribution in [-0.2, 0) is 10.2 Å². The molecule has 1 N–H and O–H groups in total. The third kappa shape index (κ3) is 1.91. The molecule has 1 unspecified atom stereocenters. The van der Waals surface area contributed by atoms with Crippen molar-refractivity contribution < 1.29 is 9.18 Å². The Bertz CT molecular complexity index is 510. The molecule has 2 nitrogen and oxygen atoms in total. The molecule has 0 spiro atoms. The van der Waals surface area contributed by atoms with Crippen LogP contribution < -0.4 is 5.32 Å². The molecule has 1 aliphatic heterocycles. The van der Waals surface area contributed by atoms with E-state index in [1.165, 1.54) is 6.07 Å². The van der Waals surface area contributed by atoms with Gasteiger partial charge >= 0.3 is 0 Å². The van der Waals surface area contributed by atoms with Crippen molar-refractivity contribution in [1.82, 2.24) is 5.32 Å². The molecule has 1 aliphatic carbocycles. The molecule has 1 aromatic rings. The van der Waals surface area contributed by atoms with Gasteiger partial charge in [0.2, 0.25) is 0 Å². The maximum atomic E-state index is 13.9. The maximum Gasteiger partial charge on any atom is 0.146 e. The number of halogens is 3. The number of nitrogens with one attached hydrogen (secondary N) is 1. The van der Waals surface area contributed by atoms with Crippen LogP contribution in [0.4, 0.5) is 4.39 Å². The number of ketones is 1. The minimum absolute atomic E-state index is 0. The van der Waals surface area contributed by atoms with Gasteiger partial charge in [0.15, 0.2) is 0 Å². The molecule has 98 valence electrons. The molecule has 2 aliphatic rings. The fourth-order valence-corrected chi connectivity index (χ4v) is 3.48. The number of benzene rings is 1. The van der Waals surface area contributed by atoms with Crippen molar-refractivity contribution in [2.24, 2.45) is 5.92 Å². The summed E-state index contributed by atoms with van der Waals surface area (Å²) in [5, 5.41) is 3.21. The number of Topliss-reactive ketones (excluding diaryl/α,β-unsaturated/α-hetero) is 1. The van der Waals surface area contributed by atoms with Crippen molar-refractivity contribution in [3.05, 3.63) is 34.1 Å². The highest BCUT2D eigenvalue weighted by Crippen LogP contribution is 2.59. The smallest absolute Gasteiger partial charge is 0.146 e. The minimum atomic E-state index is -0.165. The summed E-state index contributed by atoms with van der Waals surface area (Å²) < 4.78 is 14.8. The van der Waals surface area contributed by atoms with Crippen LogP contribution in [0.15, 0.2) is 22.7 Å². The lowest BCUT2D eigenvalue weighted by molar-refractivity contribution is -0.119. The zero-order chi connectivity index (χ0) is 12.2. The number of carbonyl (C=O) groups is 1. The molecule has 0 radical (unpaired) electrons. The zero-order valence-electron chi connectivity index (χ0n) is 9.87. The second-order valence-electron chi connectivity index (χ2n) is 5.06. The Hall–Kier alpha value is -0.450. The third-order valence-electron chi connectivity index (χ3n) is 4.08. The van der Waals surface area contributed by atoms with E-state index in [2.05, 4.69) is 21.2 Å². The Morgan fingerprint density at radius 1 is 1.56 bits per heavy atom. The van der Waals surface area contributed by atoms with Gasteiger partial charge in [-0.15, -0.1) is 12.4 Å². The molecular weight excluding hydrogens is 321 g/mol. The van der Waals surface area contributed by atoms with Crippen LogP contribution in [0, 0.1) is 11.7 Å². The summed E-state index contributed by atoms with van der Waals surface area (Å²) in [6, 6.07) is 4.95. The highest BCUT2D eigenvalue weighted by molar-refractivity contribution is 9.10. The molecule has 2 fully saturated rings. The standard InChI is InChI=1S/C13H13BrFNO.ClH/c1-7(17)12-10-5-13(10,6-16-12)9-4-8(14)2-3-11(9)15;/h2-4,10,12,16H,5-6H2,1H3;1H/t10-,12?,13+;/m0./s1. The van der Waals surface area contributed by atoms with Gasteiger partial charge in [-0.1, -0.05) is 15.9 Å². The lowest BCUT2D eigenvalue weighted by atomic mass is 9.93. The molecule has 0 bridgehead atoms. The van der Waals surface area contributed by atoms with Crippen molar-refractivity contribution in [3.8, 4) is 0 Å². The zero-order valence-corrected chi connectivity index (χ0v) is 12.3. The summed E-state index contributed by atoms with van der Waals surface area (Å²) in [5.74, 6) is 0.260. The van der Waals surface area contributed by atoms with Crippen LogP contribution >= 0.6 is 28.3 Å². The normalized spacial score (nSPS) is 32.6. The van der Waals surface area contributed by atoms with E-state index in [9.17, 15) is 9.18 Å². The molecule has 1 heterocycles. The summed E-state index contributed by atoms with van der Waals surface area (Å²) >= 11 is 3.38. The van der Waals surface area contributed by atoms with Crippen LogP contribution in [0.1, 0.15) is 18.9 Å². The molecule has 3 atom stereocenters. The van der Waals surface area contributed by atoms with Gasteiger partial charge in [0, 0.05) is 16.4 Å². The highest BCUT2D eigenvalue weighted by Gasteiger charge is 2.64. The van der Waals surface area contributed by atoms with Gasteiger partial charge in [0.1, 0.15) is 11.6 Å². The molecular formula is C13H14BrClFNO. The molecule has 18 heavy (non-hydrogen) atoms. The van der Waals surface area contributed by atoms with Gasteiger partial charge in [0.05, 0.1) is 6.04 Å². The Balaban J connectivity index is 0.00000120. The van der Waals surface area contributed by atoms with Crippen LogP contribution in [0.5, 0.6) is 0 Å². The molecule has 0 aromatic heterocycles. The average molecular weight is 335 g/mol. The number of hydrogen-bond acceptors (Lipinski definition) is 2. The van der Waals surface area contributed by atoms with Gasteiger partial charge in [0.25, 0.3) is 0 Å². The second kappa shape index (κ2) is 4.58. The van der Waals surface area contributed by atoms with Crippen LogP contribution in [0.3, 0.4) is 0 Å². The van der Waals surface area contributed by atoms with Gasteiger partial charge in [-0.2, -0.15) is 0 Å². The van der Waals surface area contributed by atoms with E-state index < -0.39 is 0 Å². The fourth-order valence-electron chi connectivity index (χ4n) is 3.12. The predicted molar refractivity (Wildman–Crippen MR) is 73.6 cm³/mol. The van der Waals surface area contributed by atoms with Crippen molar-refractivity contribution >= 4 is 34.1 Å². The first-order valence-electron chi connectivity index (χ1n) is 5.74. The summed E-state index contributed by atoms with van der Waals surface area (Å²) in [4.78, 5) is 11.4. The molecule has 1 saturated heterocycles. The number of fused-ring (bicyclic) bond motifs is 1. The van der Waals surface area contributed by atoms with E-state index in [1.54, 1.807) is 13.0 Å². The average Bonchev–Trinajstić information content (AvgIpc) is 2.88. The van der Waals surface area contributed by atoms with Crippen molar-refractivity contribution in [2.75, 3.05) is 6.54 Å². The van der Waals surface area contributed by atoms with Crippen LogP contribution in [0.25, 0.3) is 0 Å². The van der Waals surface area contributed by atoms with E-state index in [4.69, 9.17) is 0 Å². The molecule has 1 aromatic carbocycles. The lowest BCUT2D eigenvalue weighted by Crippen LogP contribution is -2.33. The highest BCUT2D eigenvalue weighted by atomic mass is 79.9. The third-order valence-corrected chi connectivity index (χ3v) is 4.57. The molecule has 5 heteroatoms. The Kier molecular flexibility index (Phi) is 3.56. The van der Waals surface area contributed by atoms with Gasteiger partial charge in [-0.25, -0.2) is 4.39 Å². The Morgan fingerprint density at radius 2 is 2.28 bits per heavy atom. The van der Waals surface area contributed by atoms with E-state index >= 15 is 0 Å². The largest absolute Gasteiger partial charge is 0.306 e. The van der Waals surface area contributed by atoms with Gasteiger partial charge in [-0.3, -0.25) is 4.79 Å². The lowest BCUT2D eigenvalue weighted by Gasteiger charge is -2.13. The SMILES string of the molecule is CC(=O)C1NC[C@@]2(c3cc(Br)ccc3F)C[C@@H]12.Cl. The van der Waals surface area contributed by atoms with Crippen molar-refractivity contribution in [1.29, 1.82) is 0 Å². The maximum absolute atomic E-state index is 13.9. The first-order valence-corrected chi connectivity index (χ1v) is 6.53. The number of hydrogen-bond donors (Lipinski definition) is 1. The fraction of sp³-hybridized carbons (Fsp3) is 0.462. The van der Waals surface area contributed by atoms with Crippen molar-refractivity contribution in [3.63, 3.8) is 0 Å². The van der Waals surface area contributed by atoms with Crippen molar-refractivity contribution in [2.45, 2.75) is 24.8 Å².